The average Bonchev–Trinajstić information content (AvgIpc) is 3.12. The summed E-state index contributed by atoms with van der Waals surface area (Å²) in [6.45, 7) is 4.08. The molecule has 0 radical (unpaired) electrons. The SMILES string of the molecule is O=C1c2oc3ccc(F)cc3c(=O)c2[C@H](c2ccc([N+](=O)[O-])cc2)N1CCCN1CCOCC1. The largest absolute Gasteiger partial charge is 0.450 e. The number of nitro benzene ring substituents is 1. The Morgan fingerprint density at radius 2 is 1.79 bits per heavy atom. The summed E-state index contributed by atoms with van der Waals surface area (Å²) in [6, 6.07) is 8.58. The van der Waals surface area contributed by atoms with Gasteiger partial charge in [-0.2, -0.15) is 0 Å². The van der Waals surface area contributed by atoms with Crippen molar-refractivity contribution in [3.8, 4) is 0 Å². The van der Waals surface area contributed by atoms with Crippen LogP contribution in [0, 0.1) is 15.9 Å². The first-order valence-corrected chi connectivity index (χ1v) is 11.1. The summed E-state index contributed by atoms with van der Waals surface area (Å²) in [7, 11) is 0. The van der Waals surface area contributed by atoms with E-state index >= 15 is 0 Å². The molecule has 34 heavy (non-hydrogen) atoms. The Morgan fingerprint density at radius 3 is 2.50 bits per heavy atom. The van der Waals surface area contributed by atoms with Gasteiger partial charge in [-0.05, 0) is 42.3 Å². The number of carbonyl (C=O) groups is 1. The first-order chi connectivity index (χ1) is 16.4. The second kappa shape index (κ2) is 8.96. The Labute approximate surface area is 193 Å². The third-order valence-corrected chi connectivity index (χ3v) is 6.32. The molecule has 1 aromatic heterocycles. The molecule has 176 valence electrons. The fourth-order valence-electron chi connectivity index (χ4n) is 4.64. The number of fused-ring (bicyclic) bond motifs is 2. The van der Waals surface area contributed by atoms with Gasteiger partial charge in [0.05, 0.1) is 35.1 Å². The molecule has 2 aromatic carbocycles. The Hall–Kier alpha value is -3.63. The minimum absolute atomic E-state index is 0.0497. The Kier molecular flexibility index (Phi) is 5.84. The molecule has 1 saturated heterocycles. The van der Waals surface area contributed by atoms with Crippen molar-refractivity contribution in [1.82, 2.24) is 9.80 Å². The average molecular weight is 467 g/mol. The maximum Gasteiger partial charge on any atom is 0.290 e. The topological polar surface area (TPSA) is 106 Å². The molecule has 2 aliphatic heterocycles. The highest BCUT2D eigenvalue weighted by molar-refractivity contribution is 5.99. The number of nitrogens with zero attached hydrogens (tertiary/aromatic N) is 3. The van der Waals surface area contributed by atoms with E-state index in [2.05, 4.69) is 4.90 Å². The van der Waals surface area contributed by atoms with Crippen LogP contribution in [0.3, 0.4) is 0 Å². The van der Waals surface area contributed by atoms with Crippen LogP contribution in [-0.2, 0) is 4.74 Å². The zero-order valence-electron chi connectivity index (χ0n) is 18.2. The number of hydrogen-bond acceptors (Lipinski definition) is 7. The van der Waals surface area contributed by atoms with Crippen LogP contribution in [0.15, 0.2) is 51.7 Å². The van der Waals surface area contributed by atoms with Crippen molar-refractivity contribution in [2.45, 2.75) is 12.5 Å². The van der Waals surface area contributed by atoms with E-state index in [-0.39, 0.29) is 28.0 Å². The van der Waals surface area contributed by atoms with Crippen LogP contribution in [0.2, 0.25) is 0 Å². The van der Waals surface area contributed by atoms with E-state index in [1.165, 1.54) is 36.4 Å². The van der Waals surface area contributed by atoms with E-state index in [0.717, 1.165) is 25.7 Å². The standard InChI is InChI=1S/C24H22FN3O6/c25-16-4-7-19-18(14-16)22(29)20-21(15-2-5-17(6-3-15)28(31)32)27(24(30)23(20)34-19)9-1-8-26-10-12-33-13-11-26/h2-7,14,21H,1,8-13H2/t21-/m0/s1. The normalized spacial score (nSPS) is 18.4. The molecule has 3 aromatic rings. The molecular weight excluding hydrogens is 445 g/mol. The lowest BCUT2D eigenvalue weighted by atomic mass is 9.98. The Bertz CT molecular complexity index is 1320. The third kappa shape index (κ3) is 3.95. The van der Waals surface area contributed by atoms with E-state index in [1.54, 1.807) is 4.90 Å². The Morgan fingerprint density at radius 1 is 1.06 bits per heavy atom. The van der Waals surface area contributed by atoms with E-state index in [0.29, 0.717) is 31.7 Å². The van der Waals surface area contributed by atoms with Gasteiger partial charge >= 0.3 is 0 Å². The minimum atomic E-state index is -0.781. The molecule has 0 unspecified atom stereocenters. The highest BCUT2D eigenvalue weighted by Gasteiger charge is 2.42. The number of morpholine rings is 1. The van der Waals surface area contributed by atoms with Gasteiger partial charge in [-0.3, -0.25) is 24.6 Å². The van der Waals surface area contributed by atoms with Gasteiger partial charge in [-0.1, -0.05) is 0 Å². The minimum Gasteiger partial charge on any atom is -0.450 e. The molecule has 1 amide bonds. The summed E-state index contributed by atoms with van der Waals surface area (Å²) in [5, 5.41) is 11.1. The number of amides is 1. The summed E-state index contributed by atoms with van der Waals surface area (Å²) in [6.07, 6.45) is 0.658. The lowest BCUT2D eigenvalue weighted by molar-refractivity contribution is -0.384. The third-order valence-electron chi connectivity index (χ3n) is 6.32. The summed E-state index contributed by atoms with van der Waals surface area (Å²) >= 11 is 0. The van der Waals surface area contributed by atoms with Crippen LogP contribution < -0.4 is 5.43 Å². The van der Waals surface area contributed by atoms with Gasteiger partial charge in [0, 0.05) is 38.3 Å². The van der Waals surface area contributed by atoms with E-state index < -0.39 is 28.1 Å². The number of rotatable bonds is 6. The summed E-state index contributed by atoms with van der Waals surface area (Å²) in [5.41, 5.74) is 0.231. The van der Waals surface area contributed by atoms with Crippen LogP contribution in [0.1, 0.15) is 34.1 Å². The molecule has 5 rings (SSSR count). The fraction of sp³-hybridized carbons (Fsp3) is 0.333. The second-order valence-electron chi connectivity index (χ2n) is 8.37. The van der Waals surface area contributed by atoms with Gasteiger partial charge in [0.15, 0.2) is 5.43 Å². The quantitative estimate of drug-likeness (QED) is 0.405. The molecule has 9 nitrogen and oxygen atoms in total. The molecule has 0 saturated carbocycles. The number of hydrogen-bond donors (Lipinski definition) is 0. The summed E-state index contributed by atoms with van der Waals surface area (Å²) in [5.74, 6) is -1.08. The smallest absolute Gasteiger partial charge is 0.290 e. The number of non-ortho nitro benzene ring substituents is 1. The molecule has 0 aliphatic carbocycles. The zero-order valence-corrected chi connectivity index (χ0v) is 18.2. The highest BCUT2D eigenvalue weighted by atomic mass is 19.1. The summed E-state index contributed by atoms with van der Waals surface area (Å²) < 4.78 is 25.0. The van der Waals surface area contributed by atoms with Gasteiger partial charge in [0.25, 0.3) is 11.6 Å². The molecule has 1 fully saturated rings. The molecule has 3 heterocycles. The molecule has 10 heteroatoms. The molecular formula is C24H22FN3O6. The molecule has 0 bridgehead atoms. The van der Waals surface area contributed by atoms with Crippen molar-refractivity contribution in [2.24, 2.45) is 0 Å². The molecule has 0 N–H and O–H groups in total. The second-order valence-corrected chi connectivity index (χ2v) is 8.37. The van der Waals surface area contributed by atoms with E-state index in [4.69, 9.17) is 9.15 Å². The van der Waals surface area contributed by atoms with Crippen LogP contribution in [0.5, 0.6) is 0 Å². The van der Waals surface area contributed by atoms with Crippen LogP contribution in [-0.4, -0.2) is 60.0 Å². The van der Waals surface area contributed by atoms with Crippen molar-refractivity contribution in [3.05, 3.63) is 85.5 Å². The van der Waals surface area contributed by atoms with Gasteiger partial charge in [-0.25, -0.2) is 4.39 Å². The fourth-order valence-corrected chi connectivity index (χ4v) is 4.64. The lowest BCUT2D eigenvalue weighted by Gasteiger charge is -2.29. The first kappa shape index (κ1) is 22.2. The number of ether oxygens (including phenoxy) is 1. The van der Waals surface area contributed by atoms with Crippen molar-refractivity contribution < 1.29 is 23.3 Å². The van der Waals surface area contributed by atoms with Crippen molar-refractivity contribution >= 4 is 22.6 Å². The van der Waals surface area contributed by atoms with Crippen LogP contribution in [0.4, 0.5) is 10.1 Å². The van der Waals surface area contributed by atoms with E-state index in [9.17, 15) is 24.1 Å². The van der Waals surface area contributed by atoms with Gasteiger partial charge in [0.1, 0.15) is 11.4 Å². The Balaban J connectivity index is 1.54. The molecule has 1 atom stereocenters. The van der Waals surface area contributed by atoms with Crippen molar-refractivity contribution in [2.75, 3.05) is 39.4 Å². The van der Waals surface area contributed by atoms with Crippen molar-refractivity contribution in [3.63, 3.8) is 0 Å². The van der Waals surface area contributed by atoms with Crippen LogP contribution in [0.25, 0.3) is 11.0 Å². The van der Waals surface area contributed by atoms with Gasteiger partial charge < -0.3 is 14.1 Å². The summed E-state index contributed by atoms with van der Waals surface area (Å²) in [4.78, 5) is 41.2. The van der Waals surface area contributed by atoms with Gasteiger partial charge in [-0.15, -0.1) is 0 Å². The number of nitro groups is 1. The maximum absolute atomic E-state index is 13.9. The van der Waals surface area contributed by atoms with Crippen LogP contribution >= 0.6 is 0 Å². The lowest BCUT2D eigenvalue weighted by Crippen LogP contribution is -2.38. The number of halogens is 1. The molecule has 2 aliphatic rings. The predicted molar refractivity (Wildman–Crippen MR) is 120 cm³/mol. The first-order valence-electron chi connectivity index (χ1n) is 11.1. The monoisotopic (exact) mass is 467 g/mol. The number of benzene rings is 2. The predicted octanol–water partition coefficient (Wildman–Crippen LogP) is 3.11. The number of carbonyl (C=O) groups excluding carboxylic acids is 1. The van der Waals surface area contributed by atoms with Crippen molar-refractivity contribution in [1.29, 1.82) is 0 Å². The highest BCUT2D eigenvalue weighted by Crippen LogP contribution is 2.38. The van der Waals surface area contributed by atoms with Gasteiger partial charge in [0.2, 0.25) is 5.76 Å². The zero-order chi connectivity index (χ0) is 23.8. The van der Waals surface area contributed by atoms with E-state index in [1.807, 2.05) is 0 Å². The maximum atomic E-state index is 13.9. The molecule has 0 spiro atoms.